The lowest BCUT2D eigenvalue weighted by atomic mass is 10.0. The average Bonchev–Trinajstić information content (AvgIpc) is 2.82. The fourth-order valence-electron chi connectivity index (χ4n) is 2.17. The summed E-state index contributed by atoms with van der Waals surface area (Å²) in [5.41, 5.74) is -1.06. The maximum atomic E-state index is 12.8. The summed E-state index contributed by atoms with van der Waals surface area (Å²) in [6.07, 6.45) is -2.54. The lowest BCUT2D eigenvalue weighted by molar-refractivity contribution is -0.137. The van der Waals surface area contributed by atoms with E-state index in [0.29, 0.717) is 13.2 Å². The summed E-state index contributed by atoms with van der Waals surface area (Å²) in [6.45, 7) is 3.07. The van der Waals surface area contributed by atoms with Crippen LogP contribution in [0.1, 0.15) is 25.3 Å². The number of nitrogens with one attached hydrogen (secondary N) is 2. The Bertz CT molecular complexity index is 470. The van der Waals surface area contributed by atoms with E-state index < -0.39 is 11.7 Å². The lowest BCUT2D eigenvalue weighted by Gasteiger charge is -2.24. The molecule has 1 aliphatic heterocycles. The highest BCUT2D eigenvalue weighted by Gasteiger charge is 2.33. The van der Waals surface area contributed by atoms with Gasteiger partial charge < -0.3 is 15.4 Å². The summed E-state index contributed by atoms with van der Waals surface area (Å²) in [5.74, 6) is 0.376. The molecule has 0 saturated carbocycles. The highest BCUT2D eigenvalue weighted by molar-refractivity contribution is 5.49. The molecule has 1 saturated heterocycles. The van der Waals surface area contributed by atoms with Crippen LogP contribution in [0.2, 0.25) is 0 Å². The Morgan fingerprint density at radius 2 is 2.05 bits per heavy atom. The smallest absolute Gasteiger partial charge is 0.373 e. The van der Waals surface area contributed by atoms with Gasteiger partial charge in [0.05, 0.1) is 11.2 Å². The Kier molecular flexibility index (Phi) is 4.08. The average molecular weight is 289 g/mol. The molecule has 0 amide bonds. The molecule has 1 aliphatic rings. The van der Waals surface area contributed by atoms with E-state index in [1.807, 2.05) is 6.92 Å². The van der Waals surface area contributed by atoms with E-state index in [9.17, 15) is 13.2 Å². The second-order valence-corrected chi connectivity index (χ2v) is 5.13. The summed E-state index contributed by atoms with van der Waals surface area (Å²) in [5, 5.41) is 5.57. The molecule has 0 aromatic carbocycles. The standard InChI is InChI=1S/C13H18F3N3O/c1-12(4-3-5-20-12)8-18-11-7-9(13(14,15)16)6-10(17-2)19-11/h6-7H,3-5,8H2,1-2H3,(H2,17,18,19). The van der Waals surface area contributed by atoms with Crippen LogP contribution in [0, 0.1) is 0 Å². The van der Waals surface area contributed by atoms with Gasteiger partial charge in [0.25, 0.3) is 0 Å². The van der Waals surface area contributed by atoms with E-state index in [1.165, 1.54) is 7.05 Å². The van der Waals surface area contributed by atoms with E-state index in [1.54, 1.807) is 0 Å². The normalized spacial score (nSPS) is 22.9. The number of anilines is 2. The Balaban J connectivity index is 2.14. The van der Waals surface area contributed by atoms with E-state index in [2.05, 4.69) is 15.6 Å². The van der Waals surface area contributed by atoms with Crippen LogP contribution >= 0.6 is 0 Å². The molecule has 0 spiro atoms. The van der Waals surface area contributed by atoms with E-state index in [-0.39, 0.29) is 17.2 Å². The number of pyridine rings is 1. The second kappa shape index (κ2) is 5.47. The first kappa shape index (κ1) is 14.9. The lowest BCUT2D eigenvalue weighted by Crippen LogP contribution is -2.32. The third-order valence-corrected chi connectivity index (χ3v) is 3.35. The summed E-state index contributed by atoms with van der Waals surface area (Å²) in [4.78, 5) is 4.08. The van der Waals surface area contributed by atoms with Gasteiger partial charge in [-0.15, -0.1) is 0 Å². The van der Waals surface area contributed by atoms with Crippen molar-refractivity contribution in [1.29, 1.82) is 0 Å². The van der Waals surface area contributed by atoms with Gasteiger partial charge in [0, 0.05) is 20.2 Å². The van der Waals surface area contributed by atoms with Crippen molar-refractivity contribution < 1.29 is 17.9 Å². The fraction of sp³-hybridized carbons (Fsp3) is 0.615. The van der Waals surface area contributed by atoms with Gasteiger partial charge in [0.2, 0.25) is 0 Å². The zero-order valence-corrected chi connectivity index (χ0v) is 11.5. The van der Waals surface area contributed by atoms with Crippen LogP contribution in [0.15, 0.2) is 12.1 Å². The summed E-state index contributed by atoms with van der Waals surface area (Å²) < 4.78 is 44.0. The van der Waals surface area contributed by atoms with Crippen molar-refractivity contribution in [2.24, 2.45) is 0 Å². The molecule has 0 radical (unpaired) electrons. The molecule has 0 bridgehead atoms. The number of ether oxygens (including phenoxy) is 1. The van der Waals surface area contributed by atoms with Gasteiger partial charge in [0.1, 0.15) is 11.6 Å². The molecule has 2 heterocycles. The molecule has 1 fully saturated rings. The van der Waals surface area contributed by atoms with Gasteiger partial charge in [-0.3, -0.25) is 0 Å². The summed E-state index contributed by atoms with van der Waals surface area (Å²) in [6, 6.07) is 2.00. The van der Waals surface area contributed by atoms with Crippen LogP contribution in [0.4, 0.5) is 24.8 Å². The fourth-order valence-corrected chi connectivity index (χ4v) is 2.17. The molecular weight excluding hydrogens is 271 g/mol. The Morgan fingerprint density at radius 3 is 2.60 bits per heavy atom. The van der Waals surface area contributed by atoms with Crippen molar-refractivity contribution in [2.45, 2.75) is 31.5 Å². The molecule has 1 unspecified atom stereocenters. The molecule has 7 heteroatoms. The summed E-state index contributed by atoms with van der Waals surface area (Å²) >= 11 is 0. The van der Waals surface area contributed by atoms with Gasteiger partial charge in [-0.1, -0.05) is 0 Å². The quantitative estimate of drug-likeness (QED) is 0.894. The molecular formula is C13H18F3N3O. The van der Waals surface area contributed by atoms with Crippen molar-refractivity contribution in [3.63, 3.8) is 0 Å². The molecule has 0 aliphatic carbocycles. The minimum absolute atomic E-state index is 0.180. The predicted octanol–water partition coefficient (Wildman–Crippen LogP) is 3.12. The molecule has 1 atom stereocenters. The van der Waals surface area contributed by atoms with Crippen molar-refractivity contribution in [3.05, 3.63) is 17.7 Å². The molecule has 20 heavy (non-hydrogen) atoms. The number of aromatic nitrogens is 1. The third kappa shape index (κ3) is 3.53. The molecule has 1 aromatic rings. The number of alkyl halides is 3. The Labute approximate surface area is 115 Å². The summed E-state index contributed by atoms with van der Waals surface area (Å²) in [7, 11) is 1.54. The maximum absolute atomic E-state index is 12.8. The number of halogens is 3. The second-order valence-electron chi connectivity index (χ2n) is 5.13. The number of hydrogen-bond acceptors (Lipinski definition) is 4. The van der Waals surface area contributed by atoms with Crippen LogP contribution < -0.4 is 10.6 Å². The molecule has 2 rings (SSSR count). The molecule has 112 valence electrons. The zero-order chi connectivity index (χ0) is 14.8. The van der Waals surface area contributed by atoms with Crippen molar-refractivity contribution in [1.82, 2.24) is 4.98 Å². The van der Waals surface area contributed by atoms with E-state index >= 15 is 0 Å². The number of rotatable bonds is 4. The van der Waals surface area contributed by atoms with Crippen LogP contribution in [0.5, 0.6) is 0 Å². The highest BCUT2D eigenvalue weighted by atomic mass is 19.4. The topological polar surface area (TPSA) is 46.2 Å². The Hall–Kier alpha value is -1.50. The van der Waals surface area contributed by atoms with Crippen molar-refractivity contribution >= 4 is 11.6 Å². The largest absolute Gasteiger partial charge is 0.416 e. The first-order valence-electron chi connectivity index (χ1n) is 6.47. The van der Waals surface area contributed by atoms with E-state index in [0.717, 1.165) is 25.0 Å². The van der Waals surface area contributed by atoms with Crippen LogP contribution in [-0.2, 0) is 10.9 Å². The molecule has 2 N–H and O–H groups in total. The van der Waals surface area contributed by atoms with Gasteiger partial charge in [-0.25, -0.2) is 4.98 Å². The first-order valence-corrected chi connectivity index (χ1v) is 6.47. The zero-order valence-electron chi connectivity index (χ0n) is 11.5. The van der Waals surface area contributed by atoms with Gasteiger partial charge in [0.15, 0.2) is 0 Å². The van der Waals surface area contributed by atoms with E-state index in [4.69, 9.17) is 4.74 Å². The van der Waals surface area contributed by atoms with Crippen LogP contribution in [0.25, 0.3) is 0 Å². The third-order valence-electron chi connectivity index (χ3n) is 3.35. The SMILES string of the molecule is CNc1cc(C(F)(F)F)cc(NCC2(C)CCCO2)n1. The molecule has 1 aromatic heterocycles. The van der Waals surface area contributed by atoms with Gasteiger partial charge in [-0.2, -0.15) is 13.2 Å². The number of nitrogens with zero attached hydrogens (tertiary/aromatic N) is 1. The van der Waals surface area contributed by atoms with Crippen LogP contribution in [0.3, 0.4) is 0 Å². The van der Waals surface area contributed by atoms with Gasteiger partial charge >= 0.3 is 6.18 Å². The number of hydrogen-bond donors (Lipinski definition) is 2. The van der Waals surface area contributed by atoms with Gasteiger partial charge in [-0.05, 0) is 31.9 Å². The maximum Gasteiger partial charge on any atom is 0.416 e. The highest BCUT2D eigenvalue weighted by Crippen LogP contribution is 2.32. The molecule has 4 nitrogen and oxygen atoms in total. The van der Waals surface area contributed by atoms with Crippen LogP contribution in [-0.4, -0.2) is 30.8 Å². The minimum Gasteiger partial charge on any atom is -0.373 e. The predicted molar refractivity (Wildman–Crippen MR) is 70.9 cm³/mol. The first-order chi connectivity index (χ1) is 9.32. The van der Waals surface area contributed by atoms with Crippen molar-refractivity contribution in [2.75, 3.05) is 30.8 Å². The van der Waals surface area contributed by atoms with Crippen molar-refractivity contribution in [3.8, 4) is 0 Å². The monoisotopic (exact) mass is 289 g/mol. The minimum atomic E-state index is -4.39. The Morgan fingerprint density at radius 1 is 1.35 bits per heavy atom.